The van der Waals surface area contributed by atoms with E-state index in [9.17, 15) is 10.3 Å². The summed E-state index contributed by atoms with van der Waals surface area (Å²) in [4.78, 5) is 4.26. The average molecular weight is 417 g/mol. The molecule has 0 amide bonds. The molecule has 0 aliphatic carbocycles. The summed E-state index contributed by atoms with van der Waals surface area (Å²) in [6.45, 7) is 3.26. The van der Waals surface area contributed by atoms with Crippen LogP contribution in [0.1, 0.15) is 11.3 Å². The molecule has 7 nitrogen and oxygen atoms in total. The van der Waals surface area contributed by atoms with E-state index < -0.39 is 0 Å². The summed E-state index contributed by atoms with van der Waals surface area (Å²) in [5, 5.41) is 26.0. The quantitative estimate of drug-likeness (QED) is 0.388. The molecule has 0 fully saturated rings. The lowest BCUT2D eigenvalue weighted by Gasteiger charge is -2.10. The van der Waals surface area contributed by atoms with E-state index in [0.717, 1.165) is 0 Å². The number of aromatic hydroxyl groups is 1. The normalized spacial score (nSPS) is 11.0. The summed E-state index contributed by atoms with van der Waals surface area (Å²) < 4.78 is 10.8. The van der Waals surface area contributed by atoms with Gasteiger partial charge in [-0.2, -0.15) is 9.71 Å². The number of phenols is 1. The van der Waals surface area contributed by atoms with Crippen LogP contribution in [0.15, 0.2) is 16.7 Å². The standard InChI is InChI=1S/C16H12Cl3N3O4/c1-6-11(14(19)22(24)7(2)12(6)18)15-20-16(26-21-15)8-4-9(17)13(23)10(5-8)25-3/h4-5,23H,1-3H3. The minimum Gasteiger partial charge on any atom is -0.617 e. The maximum Gasteiger partial charge on any atom is 0.298 e. The van der Waals surface area contributed by atoms with Crippen molar-refractivity contribution in [3.05, 3.63) is 43.8 Å². The fourth-order valence-corrected chi connectivity index (χ4v) is 3.16. The molecule has 0 bridgehead atoms. The summed E-state index contributed by atoms with van der Waals surface area (Å²) in [5.74, 6) is 0.147. The molecule has 1 N–H and O–H groups in total. The molecule has 2 heterocycles. The molecule has 0 saturated carbocycles. The van der Waals surface area contributed by atoms with Crippen LogP contribution in [-0.2, 0) is 0 Å². The van der Waals surface area contributed by atoms with Crippen molar-refractivity contribution in [1.82, 2.24) is 10.1 Å². The molecule has 0 saturated heterocycles. The fraction of sp³-hybridized carbons (Fsp3) is 0.188. The Bertz CT molecular complexity index is 991. The Morgan fingerprint density at radius 3 is 2.58 bits per heavy atom. The number of hydrogen-bond acceptors (Lipinski definition) is 6. The number of halogens is 3. The summed E-state index contributed by atoms with van der Waals surface area (Å²) in [6.07, 6.45) is 0. The first-order valence-electron chi connectivity index (χ1n) is 7.24. The molecule has 10 heteroatoms. The number of ether oxygens (including phenoxy) is 1. The summed E-state index contributed by atoms with van der Waals surface area (Å²) >= 11 is 18.3. The molecule has 136 valence electrons. The Balaban J connectivity index is 2.15. The van der Waals surface area contributed by atoms with Crippen LogP contribution in [0.4, 0.5) is 0 Å². The van der Waals surface area contributed by atoms with Crippen LogP contribution in [0.2, 0.25) is 15.2 Å². The van der Waals surface area contributed by atoms with E-state index in [0.29, 0.717) is 15.9 Å². The van der Waals surface area contributed by atoms with E-state index in [1.54, 1.807) is 13.8 Å². The van der Waals surface area contributed by atoms with Gasteiger partial charge in [-0.1, -0.05) is 28.4 Å². The third-order valence-corrected chi connectivity index (χ3v) is 5.04. The fourth-order valence-electron chi connectivity index (χ4n) is 2.43. The zero-order valence-electron chi connectivity index (χ0n) is 13.8. The van der Waals surface area contributed by atoms with Gasteiger partial charge in [0.05, 0.1) is 12.1 Å². The van der Waals surface area contributed by atoms with Crippen molar-refractivity contribution in [3.8, 4) is 34.3 Å². The number of aromatic nitrogens is 3. The minimum atomic E-state index is -0.200. The van der Waals surface area contributed by atoms with Crippen LogP contribution in [0.3, 0.4) is 0 Å². The van der Waals surface area contributed by atoms with Crippen molar-refractivity contribution in [1.29, 1.82) is 0 Å². The van der Waals surface area contributed by atoms with Gasteiger partial charge in [0.15, 0.2) is 11.5 Å². The predicted octanol–water partition coefficient (Wildman–Crippen LogP) is 4.33. The molecule has 0 radical (unpaired) electrons. The molecule has 2 aromatic heterocycles. The third kappa shape index (κ3) is 2.92. The first kappa shape index (κ1) is 18.6. The van der Waals surface area contributed by atoms with Gasteiger partial charge in [0.2, 0.25) is 11.5 Å². The van der Waals surface area contributed by atoms with Gasteiger partial charge in [-0.3, -0.25) is 0 Å². The molecule has 0 atom stereocenters. The first-order chi connectivity index (χ1) is 12.3. The molecule has 26 heavy (non-hydrogen) atoms. The Hall–Kier alpha value is -2.22. The second-order valence-corrected chi connectivity index (χ2v) is 6.56. The van der Waals surface area contributed by atoms with Crippen LogP contribution < -0.4 is 9.47 Å². The van der Waals surface area contributed by atoms with Gasteiger partial charge >= 0.3 is 0 Å². The van der Waals surface area contributed by atoms with Gasteiger partial charge in [-0.05, 0) is 36.2 Å². The first-order valence-corrected chi connectivity index (χ1v) is 8.38. The number of hydrogen-bond donors (Lipinski definition) is 1. The van der Waals surface area contributed by atoms with E-state index in [-0.39, 0.29) is 49.7 Å². The lowest BCUT2D eigenvalue weighted by molar-refractivity contribution is -0.609. The molecule has 0 aliphatic heterocycles. The van der Waals surface area contributed by atoms with Crippen molar-refractivity contribution in [2.24, 2.45) is 0 Å². The Morgan fingerprint density at radius 1 is 1.23 bits per heavy atom. The SMILES string of the molecule is COc1cc(-c2nc(-c3c(C)c(Cl)c(C)[n+]([O-])c3Cl)no2)cc(Cl)c1O. The van der Waals surface area contributed by atoms with Crippen LogP contribution >= 0.6 is 34.8 Å². The Kier molecular flexibility index (Phi) is 4.88. The van der Waals surface area contributed by atoms with E-state index in [1.807, 2.05) is 0 Å². The van der Waals surface area contributed by atoms with Gasteiger partial charge < -0.3 is 19.6 Å². The average Bonchev–Trinajstić information content (AvgIpc) is 3.10. The third-order valence-electron chi connectivity index (χ3n) is 3.86. The number of nitrogens with zero attached hydrogens (tertiary/aromatic N) is 3. The summed E-state index contributed by atoms with van der Waals surface area (Å²) in [6, 6.07) is 2.93. The summed E-state index contributed by atoms with van der Waals surface area (Å²) in [7, 11) is 1.39. The van der Waals surface area contributed by atoms with Crippen LogP contribution in [0, 0.1) is 19.1 Å². The number of pyridine rings is 1. The van der Waals surface area contributed by atoms with Crippen molar-refractivity contribution in [2.45, 2.75) is 13.8 Å². The van der Waals surface area contributed by atoms with Gasteiger partial charge in [-0.15, -0.1) is 0 Å². The second kappa shape index (κ2) is 6.83. The Labute approximate surface area is 163 Å². The monoisotopic (exact) mass is 415 g/mol. The number of benzene rings is 1. The molecule has 0 spiro atoms. The molecule has 3 rings (SSSR count). The van der Waals surface area contributed by atoms with Gasteiger partial charge in [-0.25, -0.2) is 0 Å². The smallest absolute Gasteiger partial charge is 0.298 e. The Morgan fingerprint density at radius 2 is 1.92 bits per heavy atom. The highest BCUT2D eigenvalue weighted by Gasteiger charge is 2.26. The van der Waals surface area contributed by atoms with Gasteiger partial charge in [0, 0.05) is 12.5 Å². The molecule has 0 aliphatic rings. The number of rotatable bonds is 3. The number of phenolic OH excluding ortho intramolecular Hbond substituents is 1. The second-order valence-electron chi connectivity index (χ2n) is 5.42. The van der Waals surface area contributed by atoms with Crippen molar-refractivity contribution >= 4 is 34.8 Å². The molecule has 0 unspecified atom stereocenters. The molecule has 1 aromatic carbocycles. The molecule has 3 aromatic rings. The van der Waals surface area contributed by atoms with Crippen LogP contribution in [0.25, 0.3) is 22.8 Å². The van der Waals surface area contributed by atoms with Crippen LogP contribution in [-0.4, -0.2) is 22.4 Å². The van der Waals surface area contributed by atoms with E-state index in [2.05, 4.69) is 10.1 Å². The lowest BCUT2D eigenvalue weighted by atomic mass is 10.1. The van der Waals surface area contributed by atoms with Gasteiger partial charge in [0.25, 0.3) is 11.0 Å². The minimum absolute atomic E-state index is 0.0593. The van der Waals surface area contributed by atoms with E-state index >= 15 is 0 Å². The highest BCUT2D eigenvalue weighted by molar-refractivity contribution is 6.34. The highest BCUT2D eigenvalue weighted by atomic mass is 35.5. The van der Waals surface area contributed by atoms with E-state index in [1.165, 1.54) is 19.2 Å². The summed E-state index contributed by atoms with van der Waals surface area (Å²) in [5.41, 5.74) is 1.51. The maximum absolute atomic E-state index is 12.1. The van der Waals surface area contributed by atoms with Crippen molar-refractivity contribution < 1.29 is 19.1 Å². The highest BCUT2D eigenvalue weighted by Crippen LogP contribution is 2.39. The van der Waals surface area contributed by atoms with Gasteiger partial charge in [0.1, 0.15) is 10.6 Å². The zero-order chi connectivity index (χ0) is 19.2. The van der Waals surface area contributed by atoms with E-state index in [4.69, 9.17) is 44.1 Å². The topological polar surface area (TPSA) is 95.3 Å². The molecular formula is C16H12Cl3N3O4. The maximum atomic E-state index is 12.1. The van der Waals surface area contributed by atoms with Crippen LogP contribution in [0.5, 0.6) is 11.5 Å². The lowest BCUT2D eigenvalue weighted by Crippen LogP contribution is -2.33. The van der Waals surface area contributed by atoms with Crippen molar-refractivity contribution in [2.75, 3.05) is 7.11 Å². The van der Waals surface area contributed by atoms with Crippen molar-refractivity contribution in [3.63, 3.8) is 0 Å². The largest absolute Gasteiger partial charge is 0.617 e. The zero-order valence-corrected chi connectivity index (χ0v) is 16.1. The molecular weight excluding hydrogens is 405 g/mol. The number of methoxy groups -OCH3 is 1. The predicted molar refractivity (Wildman–Crippen MR) is 96.9 cm³/mol.